The van der Waals surface area contributed by atoms with E-state index in [9.17, 15) is 14.9 Å². The molecule has 1 aromatic heterocycles. The highest BCUT2D eigenvalue weighted by molar-refractivity contribution is 5.99. The number of anilines is 1. The van der Waals surface area contributed by atoms with Crippen LogP contribution in [0.25, 0.3) is 0 Å². The van der Waals surface area contributed by atoms with Crippen molar-refractivity contribution in [3.05, 3.63) is 58.1 Å². The predicted molar refractivity (Wildman–Crippen MR) is 98.6 cm³/mol. The molecule has 2 aromatic rings. The second-order valence-electron chi connectivity index (χ2n) is 6.80. The predicted octanol–water partition coefficient (Wildman–Crippen LogP) is 2.46. The summed E-state index contributed by atoms with van der Waals surface area (Å²) in [6.45, 7) is 2.29. The van der Waals surface area contributed by atoms with Crippen molar-refractivity contribution in [2.75, 3.05) is 24.5 Å². The summed E-state index contributed by atoms with van der Waals surface area (Å²) in [4.78, 5) is 29.5. The first-order valence-corrected chi connectivity index (χ1v) is 9.02. The molecule has 0 saturated carbocycles. The number of nitro groups is 1. The lowest BCUT2D eigenvalue weighted by Crippen LogP contribution is -2.45. The van der Waals surface area contributed by atoms with Crippen LogP contribution >= 0.6 is 0 Å². The minimum atomic E-state index is -0.774. The van der Waals surface area contributed by atoms with E-state index in [4.69, 9.17) is 4.74 Å². The van der Waals surface area contributed by atoms with Crippen LogP contribution in [0, 0.1) is 16.0 Å². The van der Waals surface area contributed by atoms with E-state index in [1.807, 2.05) is 30.3 Å². The van der Waals surface area contributed by atoms with Crippen LogP contribution in [0.3, 0.4) is 0 Å². The molecule has 1 aromatic carbocycles. The molecule has 1 atom stereocenters. The Morgan fingerprint density at radius 1 is 1.19 bits per heavy atom. The summed E-state index contributed by atoms with van der Waals surface area (Å²) in [7, 11) is 0. The van der Waals surface area contributed by atoms with Crippen LogP contribution in [0.1, 0.15) is 24.5 Å². The van der Waals surface area contributed by atoms with E-state index in [0.29, 0.717) is 18.2 Å². The molecule has 1 N–H and O–H groups in total. The van der Waals surface area contributed by atoms with E-state index in [1.165, 1.54) is 12.1 Å². The molecular weight excluding hydrogens is 348 g/mol. The smallest absolute Gasteiger partial charge is 0.366 e. The number of piperidine rings is 1. The molecule has 4 rings (SSSR count). The Kier molecular flexibility index (Phi) is 4.72. The molecule has 0 spiro atoms. The Morgan fingerprint density at radius 2 is 1.93 bits per heavy atom. The van der Waals surface area contributed by atoms with Crippen molar-refractivity contribution in [1.29, 1.82) is 0 Å². The fourth-order valence-electron chi connectivity index (χ4n) is 3.57. The van der Waals surface area contributed by atoms with Crippen LogP contribution in [0.5, 0.6) is 5.75 Å². The number of rotatable bonds is 4. The Hall–Kier alpha value is -3.00. The number of nitrogens with one attached hydrogen (secondary N) is 1. The maximum absolute atomic E-state index is 13.2. The first kappa shape index (κ1) is 17.4. The average molecular weight is 368 g/mol. The van der Waals surface area contributed by atoms with E-state index < -0.39 is 11.0 Å². The SMILES string of the molecule is O=C1C(c2ccccc2)Oc2ccc([N+](=O)[O-])nc2N1CC1CCNCC1. The Morgan fingerprint density at radius 3 is 2.63 bits per heavy atom. The summed E-state index contributed by atoms with van der Waals surface area (Å²) < 4.78 is 5.90. The zero-order valence-corrected chi connectivity index (χ0v) is 14.7. The maximum Gasteiger partial charge on any atom is 0.366 e. The molecule has 1 fully saturated rings. The summed E-state index contributed by atoms with van der Waals surface area (Å²) >= 11 is 0. The number of nitrogens with zero attached hydrogens (tertiary/aromatic N) is 3. The number of fused-ring (bicyclic) bond motifs is 1. The van der Waals surface area contributed by atoms with Crippen LogP contribution in [-0.4, -0.2) is 35.4 Å². The van der Waals surface area contributed by atoms with Crippen LogP contribution in [0.15, 0.2) is 42.5 Å². The van der Waals surface area contributed by atoms with E-state index in [1.54, 1.807) is 4.90 Å². The molecule has 2 aliphatic heterocycles. The molecule has 0 radical (unpaired) electrons. The van der Waals surface area contributed by atoms with Crippen molar-refractivity contribution in [2.45, 2.75) is 18.9 Å². The number of ether oxygens (including phenoxy) is 1. The lowest BCUT2D eigenvalue weighted by Gasteiger charge is -2.34. The fraction of sp³-hybridized carbons (Fsp3) is 0.368. The third-order valence-corrected chi connectivity index (χ3v) is 5.00. The van der Waals surface area contributed by atoms with Gasteiger partial charge in [-0.3, -0.25) is 9.69 Å². The standard InChI is InChI=1S/C19H20N4O4/c24-19-17(14-4-2-1-3-5-14)27-15-6-7-16(23(25)26)21-18(15)22(19)12-13-8-10-20-11-9-13/h1-7,13,17,20H,8-12H2. The van der Waals surface area contributed by atoms with Gasteiger partial charge in [0, 0.05) is 18.2 Å². The summed E-state index contributed by atoms with van der Waals surface area (Å²) in [6.07, 6.45) is 1.12. The van der Waals surface area contributed by atoms with Gasteiger partial charge < -0.3 is 20.2 Å². The number of amides is 1. The minimum absolute atomic E-state index is 0.236. The van der Waals surface area contributed by atoms with Gasteiger partial charge >= 0.3 is 5.82 Å². The summed E-state index contributed by atoms with van der Waals surface area (Å²) in [5.74, 6) is 0.417. The molecule has 8 heteroatoms. The van der Waals surface area contributed by atoms with Gasteiger partial charge in [0.25, 0.3) is 11.7 Å². The Bertz CT molecular complexity index is 852. The zero-order valence-electron chi connectivity index (χ0n) is 14.7. The van der Waals surface area contributed by atoms with Crippen LogP contribution in [-0.2, 0) is 4.79 Å². The minimum Gasteiger partial charge on any atom is -0.469 e. The van der Waals surface area contributed by atoms with Crippen molar-refractivity contribution in [3.63, 3.8) is 0 Å². The molecule has 0 aliphatic carbocycles. The normalized spacial score (nSPS) is 20.1. The van der Waals surface area contributed by atoms with Gasteiger partial charge in [-0.25, -0.2) is 0 Å². The monoisotopic (exact) mass is 368 g/mol. The molecule has 1 unspecified atom stereocenters. The third-order valence-electron chi connectivity index (χ3n) is 5.00. The summed E-state index contributed by atoms with van der Waals surface area (Å²) in [5, 5.41) is 14.4. The van der Waals surface area contributed by atoms with Crippen molar-refractivity contribution in [2.24, 2.45) is 5.92 Å². The van der Waals surface area contributed by atoms with Crippen LogP contribution in [0.2, 0.25) is 0 Å². The van der Waals surface area contributed by atoms with Crippen molar-refractivity contribution >= 4 is 17.5 Å². The Balaban J connectivity index is 1.72. The number of carbonyl (C=O) groups is 1. The number of hydrogen-bond acceptors (Lipinski definition) is 6. The molecule has 1 amide bonds. The topological polar surface area (TPSA) is 97.6 Å². The average Bonchev–Trinajstić information content (AvgIpc) is 2.71. The zero-order chi connectivity index (χ0) is 18.8. The number of carbonyl (C=O) groups excluding carboxylic acids is 1. The van der Waals surface area contributed by atoms with E-state index >= 15 is 0 Å². The fourth-order valence-corrected chi connectivity index (χ4v) is 3.57. The highest BCUT2D eigenvalue weighted by atomic mass is 16.6. The van der Waals surface area contributed by atoms with Gasteiger partial charge in [-0.1, -0.05) is 30.3 Å². The summed E-state index contributed by atoms with van der Waals surface area (Å²) in [5.41, 5.74) is 0.752. The second kappa shape index (κ2) is 7.32. The van der Waals surface area contributed by atoms with Gasteiger partial charge in [0.15, 0.2) is 5.75 Å². The molecule has 1 saturated heterocycles. The molecule has 140 valence electrons. The number of hydrogen-bond donors (Lipinski definition) is 1. The largest absolute Gasteiger partial charge is 0.469 e. The lowest BCUT2D eigenvalue weighted by molar-refractivity contribution is -0.389. The first-order valence-electron chi connectivity index (χ1n) is 9.02. The van der Waals surface area contributed by atoms with E-state index in [-0.39, 0.29) is 17.5 Å². The molecule has 2 aliphatic rings. The van der Waals surface area contributed by atoms with Gasteiger partial charge in [0.05, 0.1) is 0 Å². The summed E-state index contributed by atoms with van der Waals surface area (Å²) in [6, 6.07) is 12.1. The molecular formula is C19H20N4O4. The second-order valence-corrected chi connectivity index (χ2v) is 6.80. The van der Waals surface area contributed by atoms with Gasteiger partial charge in [-0.2, -0.15) is 0 Å². The van der Waals surface area contributed by atoms with Gasteiger partial charge in [0.2, 0.25) is 6.10 Å². The Labute approximate surface area is 156 Å². The highest BCUT2D eigenvalue weighted by Crippen LogP contribution is 2.39. The van der Waals surface area contributed by atoms with Crippen molar-refractivity contribution < 1.29 is 14.5 Å². The highest BCUT2D eigenvalue weighted by Gasteiger charge is 2.40. The van der Waals surface area contributed by atoms with E-state index in [0.717, 1.165) is 31.5 Å². The van der Waals surface area contributed by atoms with Gasteiger partial charge in [-0.05, 0) is 47.8 Å². The quantitative estimate of drug-likeness (QED) is 0.658. The first-order chi connectivity index (χ1) is 13.1. The third kappa shape index (κ3) is 3.48. The number of benzene rings is 1. The molecule has 3 heterocycles. The number of aromatic nitrogens is 1. The van der Waals surface area contributed by atoms with Crippen LogP contribution < -0.4 is 15.0 Å². The molecule has 27 heavy (non-hydrogen) atoms. The lowest BCUT2D eigenvalue weighted by atomic mass is 9.96. The number of pyridine rings is 1. The molecule has 0 bridgehead atoms. The maximum atomic E-state index is 13.2. The van der Waals surface area contributed by atoms with Crippen molar-refractivity contribution in [3.8, 4) is 5.75 Å². The van der Waals surface area contributed by atoms with Crippen LogP contribution in [0.4, 0.5) is 11.6 Å². The van der Waals surface area contributed by atoms with Gasteiger partial charge in [0.1, 0.15) is 0 Å². The molecule has 8 nitrogen and oxygen atoms in total. The van der Waals surface area contributed by atoms with Crippen molar-refractivity contribution in [1.82, 2.24) is 10.3 Å². The van der Waals surface area contributed by atoms with E-state index in [2.05, 4.69) is 10.3 Å². The van der Waals surface area contributed by atoms with Gasteiger partial charge in [-0.15, -0.1) is 0 Å².